The van der Waals surface area contributed by atoms with E-state index in [0.29, 0.717) is 0 Å². The van der Waals surface area contributed by atoms with Crippen LogP contribution in [0.25, 0.3) is 0 Å². The zero-order chi connectivity index (χ0) is 15.8. The summed E-state index contributed by atoms with van der Waals surface area (Å²) >= 11 is 0. The van der Waals surface area contributed by atoms with Crippen molar-refractivity contribution in [1.82, 2.24) is 0 Å². The molecule has 0 heterocycles. The van der Waals surface area contributed by atoms with E-state index >= 15 is 0 Å². The number of nitrogens with zero attached hydrogens (tertiary/aromatic N) is 1. The topological polar surface area (TPSA) is 53.2 Å². The van der Waals surface area contributed by atoms with Gasteiger partial charge in [0.05, 0.1) is 6.07 Å². The Hall–Kier alpha value is -0.893. The SMILES string of the molecule is CCC[Si](CCC)(CCC)OC1(O)C=CC=CC1CC#N. The van der Waals surface area contributed by atoms with Crippen molar-refractivity contribution < 1.29 is 9.53 Å². The largest absolute Gasteiger partial charge is 0.387 e. The molecule has 0 aromatic rings. The molecular formula is C17H29NO2Si. The highest BCUT2D eigenvalue weighted by molar-refractivity contribution is 6.73. The van der Waals surface area contributed by atoms with Crippen molar-refractivity contribution in [2.24, 2.45) is 5.92 Å². The minimum absolute atomic E-state index is 0.259. The van der Waals surface area contributed by atoms with Gasteiger partial charge in [0, 0.05) is 12.3 Å². The lowest BCUT2D eigenvalue weighted by molar-refractivity contribution is -0.133. The molecule has 0 saturated carbocycles. The molecule has 4 heteroatoms. The quantitative estimate of drug-likeness (QED) is 0.503. The molecule has 1 rings (SSSR count). The molecule has 0 radical (unpaired) electrons. The molecule has 1 aliphatic carbocycles. The molecule has 0 amide bonds. The molecule has 3 nitrogen and oxygen atoms in total. The van der Waals surface area contributed by atoms with E-state index in [1.807, 2.05) is 18.2 Å². The summed E-state index contributed by atoms with van der Waals surface area (Å²) in [4.78, 5) is 0. The van der Waals surface area contributed by atoms with Gasteiger partial charge in [0.2, 0.25) is 0 Å². The molecule has 21 heavy (non-hydrogen) atoms. The minimum atomic E-state index is -1.97. The maximum absolute atomic E-state index is 11.0. The van der Waals surface area contributed by atoms with Crippen LogP contribution in [0.3, 0.4) is 0 Å². The van der Waals surface area contributed by atoms with Gasteiger partial charge in [-0.05, 0) is 24.2 Å². The highest BCUT2D eigenvalue weighted by atomic mass is 28.4. The van der Waals surface area contributed by atoms with Crippen molar-refractivity contribution >= 4 is 8.32 Å². The molecule has 1 N–H and O–H groups in total. The molecule has 0 aliphatic heterocycles. The molecule has 0 fully saturated rings. The number of allylic oxidation sites excluding steroid dienone is 2. The number of nitriles is 1. The Kier molecular flexibility index (Phi) is 7.37. The van der Waals surface area contributed by atoms with E-state index in [4.69, 9.17) is 9.69 Å². The summed E-state index contributed by atoms with van der Waals surface area (Å²) in [6, 6.07) is 5.40. The van der Waals surface area contributed by atoms with Gasteiger partial charge in [0.1, 0.15) is 0 Å². The van der Waals surface area contributed by atoms with E-state index in [9.17, 15) is 5.11 Å². The van der Waals surface area contributed by atoms with Crippen LogP contribution >= 0.6 is 0 Å². The second-order valence-electron chi connectivity index (χ2n) is 6.00. The van der Waals surface area contributed by atoms with Crippen LogP contribution in [-0.4, -0.2) is 19.2 Å². The Morgan fingerprint density at radius 3 is 2.19 bits per heavy atom. The monoisotopic (exact) mass is 307 g/mol. The molecule has 0 saturated heterocycles. The minimum Gasteiger partial charge on any atom is -0.387 e. The van der Waals surface area contributed by atoms with Crippen molar-refractivity contribution in [1.29, 1.82) is 5.26 Å². The van der Waals surface area contributed by atoms with E-state index in [2.05, 4.69) is 26.8 Å². The Morgan fingerprint density at radius 1 is 1.14 bits per heavy atom. The van der Waals surface area contributed by atoms with E-state index in [1.165, 1.54) is 0 Å². The maximum Gasteiger partial charge on any atom is 0.197 e. The van der Waals surface area contributed by atoms with Crippen LogP contribution in [0.2, 0.25) is 18.1 Å². The van der Waals surface area contributed by atoms with E-state index < -0.39 is 14.1 Å². The third-order valence-corrected chi connectivity index (χ3v) is 9.12. The lowest BCUT2D eigenvalue weighted by Gasteiger charge is -2.42. The van der Waals surface area contributed by atoms with Crippen LogP contribution in [0.15, 0.2) is 24.3 Å². The van der Waals surface area contributed by atoms with Crippen molar-refractivity contribution in [3.8, 4) is 6.07 Å². The average molecular weight is 308 g/mol. The zero-order valence-corrected chi connectivity index (χ0v) is 14.6. The molecule has 0 aromatic heterocycles. The van der Waals surface area contributed by atoms with Gasteiger partial charge >= 0.3 is 0 Å². The fourth-order valence-electron chi connectivity index (χ4n) is 3.32. The highest BCUT2D eigenvalue weighted by Gasteiger charge is 2.44. The first kappa shape index (κ1) is 18.2. The van der Waals surface area contributed by atoms with Crippen molar-refractivity contribution in [2.45, 2.75) is 70.4 Å². The first-order chi connectivity index (χ1) is 10.1. The Bertz CT molecular complexity index is 396. The number of aliphatic hydroxyl groups is 1. The Morgan fingerprint density at radius 2 is 1.71 bits per heavy atom. The molecule has 2 atom stereocenters. The number of hydrogen-bond donors (Lipinski definition) is 1. The van der Waals surface area contributed by atoms with Crippen molar-refractivity contribution in [3.05, 3.63) is 24.3 Å². The molecule has 0 spiro atoms. The average Bonchev–Trinajstić information content (AvgIpc) is 2.42. The summed E-state index contributed by atoms with van der Waals surface area (Å²) in [5.41, 5.74) is 0. The van der Waals surface area contributed by atoms with Crippen molar-refractivity contribution in [2.75, 3.05) is 0 Å². The summed E-state index contributed by atoms with van der Waals surface area (Å²) in [5, 5.41) is 20.0. The van der Waals surface area contributed by atoms with E-state index in [-0.39, 0.29) is 12.3 Å². The number of hydrogen-bond acceptors (Lipinski definition) is 3. The van der Waals surface area contributed by atoms with Crippen LogP contribution in [-0.2, 0) is 4.43 Å². The van der Waals surface area contributed by atoms with E-state index in [1.54, 1.807) is 6.08 Å². The Balaban J connectivity index is 3.00. The maximum atomic E-state index is 11.0. The third-order valence-electron chi connectivity index (χ3n) is 4.13. The fraction of sp³-hybridized carbons (Fsp3) is 0.706. The second kappa shape index (κ2) is 8.53. The predicted octanol–water partition coefficient (Wildman–Crippen LogP) is 4.52. The first-order valence-corrected chi connectivity index (χ1v) is 10.7. The van der Waals surface area contributed by atoms with Crippen LogP contribution in [0, 0.1) is 17.2 Å². The van der Waals surface area contributed by atoms with Gasteiger partial charge in [-0.2, -0.15) is 5.26 Å². The van der Waals surface area contributed by atoms with Crippen LogP contribution in [0.5, 0.6) is 0 Å². The molecule has 0 bridgehead atoms. The van der Waals surface area contributed by atoms with Gasteiger partial charge < -0.3 is 9.53 Å². The van der Waals surface area contributed by atoms with E-state index in [0.717, 1.165) is 37.4 Å². The Labute approximate surface area is 130 Å². The van der Waals surface area contributed by atoms with Gasteiger partial charge in [-0.1, -0.05) is 58.3 Å². The summed E-state index contributed by atoms with van der Waals surface area (Å²) in [6.07, 6.45) is 10.9. The van der Waals surface area contributed by atoms with Gasteiger partial charge in [0.15, 0.2) is 14.1 Å². The predicted molar refractivity (Wildman–Crippen MR) is 89.1 cm³/mol. The first-order valence-electron chi connectivity index (χ1n) is 8.21. The normalized spacial score (nSPS) is 25.0. The lowest BCUT2D eigenvalue weighted by Crippen LogP contribution is -2.51. The second-order valence-corrected chi connectivity index (χ2v) is 10.1. The fourth-order valence-corrected chi connectivity index (χ4v) is 8.02. The summed E-state index contributed by atoms with van der Waals surface area (Å²) in [5.74, 6) is -1.55. The van der Waals surface area contributed by atoms with Gasteiger partial charge in [0.25, 0.3) is 0 Å². The van der Waals surface area contributed by atoms with Crippen LogP contribution < -0.4 is 0 Å². The van der Waals surface area contributed by atoms with Gasteiger partial charge in [-0.25, -0.2) is 0 Å². The molecule has 2 unspecified atom stereocenters. The lowest BCUT2D eigenvalue weighted by atomic mass is 9.92. The summed E-state index contributed by atoms with van der Waals surface area (Å²) in [7, 11) is -1.97. The van der Waals surface area contributed by atoms with Crippen molar-refractivity contribution in [3.63, 3.8) is 0 Å². The molecular weight excluding hydrogens is 278 g/mol. The number of rotatable bonds is 9. The van der Waals surface area contributed by atoms with Gasteiger partial charge in [-0.15, -0.1) is 0 Å². The van der Waals surface area contributed by atoms with Crippen LogP contribution in [0.4, 0.5) is 0 Å². The smallest absolute Gasteiger partial charge is 0.197 e. The molecule has 118 valence electrons. The molecule has 0 aromatic carbocycles. The third kappa shape index (κ3) is 4.81. The van der Waals surface area contributed by atoms with Gasteiger partial charge in [-0.3, -0.25) is 0 Å². The standard InChI is InChI=1S/C17H29NO2Si/c1-4-13-21(14-5-2,15-6-3)20-17(19)11-8-7-9-16(17)10-12-18/h7-9,11,16,19H,4-6,10,13-15H2,1-3H3. The van der Waals surface area contributed by atoms with Crippen LogP contribution in [0.1, 0.15) is 46.5 Å². The summed E-state index contributed by atoms with van der Waals surface area (Å²) < 4.78 is 6.46. The molecule has 1 aliphatic rings. The summed E-state index contributed by atoms with van der Waals surface area (Å²) in [6.45, 7) is 6.55. The zero-order valence-electron chi connectivity index (χ0n) is 13.6. The highest BCUT2D eigenvalue weighted by Crippen LogP contribution is 2.37.